The van der Waals surface area contributed by atoms with Crippen molar-refractivity contribution in [2.24, 2.45) is 5.92 Å². The van der Waals surface area contributed by atoms with Crippen LogP contribution in [0.15, 0.2) is 6.07 Å². The molecule has 3 aliphatic rings. The van der Waals surface area contributed by atoms with Crippen LogP contribution in [0.2, 0.25) is 0 Å². The SMILES string of the molecule is COc1nc2c(cc1CNC(=O)C1CCC(=O)NC1)C(=O)N(C1CCCC1)C2. The Kier molecular flexibility index (Phi) is 5.19. The van der Waals surface area contributed by atoms with Crippen molar-refractivity contribution in [3.63, 3.8) is 0 Å². The van der Waals surface area contributed by atoms with Gasteiger partial charge < -0.3 is 20.3 Å². The Morgan fingerprint density at radius 3 is 2.79 bits per heavy atom. The van der Waals surface area contributed by atoms with Crippen molar-refractivity contribution in [3.05, 3.63) is 22.9 Å². The zero-order valence-electron chi connectivity index (χ0n) is 16.1. The Morgan fingerprint density at radius 1 is 1.32 bits per heavy atom. The molecule has 8 heteroatoms. The summed E-state index contributed by atoms with van der Waals surface area (Å²) in [5.41, 5.74) is 2.05. The predicted molar refractivity (Wildman–Crippen MR) is 100 cm³/mol. The fraction of sp³-hybridized carbons (Fsp3) is 0.600. The zero-order valence-corrected chi connectivity index (χ0v) is 16.1. The topological polar surface area (TPSA) is 101 Å². The zero-order chi connectivity index (χ0) is 19.7. The maximum absolute atomic E-state index is 12.9. The molecule has 1 unspecified atom stereocenters. The van der Waals surface area contributed by atoms with Crippen molar-refractivity contribution in [3.8, 4) is 5.88 Å². The normalized spacial score (nSPS) is 22.2. The van der Waals surface area contributed by atoms with E-state index in [2.05, 4.69) is 15.6 Å². The van der Waals surface area contributed by atoms with Crippen molar-refractivity contribution in [1.29, 1.82) is 0 Å². The summed E-state index contributed by atoms with van der Waals surface area (Å²) in [7, 11) is 1.54. The summed E-state index contributed by atoms with van der Waals surface area (Å²) in [6, 6.07) is 2.11. The number of fused-ring (bicyclic) bond motifs is 1. The van der Waals surface area contributed by atoms with E-state index >= 15 is 0 Å². The summed E-state index contributed by atoms with van der Waals surface area (Å²) < 4.78 is 5.41. The van der Waals surface area contributed by atoms with E-state index in [1.165, 1.54) is 12.8 Å². The lowest BCUT2D eigenvalue weighted by molar-refractivity contribution is -0.129. The molecule has 4 rings (SSSR count). The maximum atomic E-state index is 12.9. The maximum Gasteiger partial charge on any atom is 0.256 e. The number of nitrogens with zero attached hydrogens (tertiary/aromatic N) is 2. The predicted octanol–water partition coefficient (Wildman–Crippen LogP) is 1.13. The molecule has 28 heavy (non-hydrogen) atoms. The molecule has 2 N–H and O–H groups in total. The highest BCUT2D eigenvalue weighted by Gasteiger charge is 2.36. The van der Waals surface area contributed by atoms with Gasteiger partial charge in [-0.15, -0.1) is 0 Å². The number of ether oxygens (including phenoxy) is 1. The van der Waals surface area contributed by atoms with E-state index < -0.39 is 0 Å². The molecule has 1 saturated carbocycles. The first-order valence-electron chi connectivity index (χ1n) is 9.99. The highest BCUT2D eigenvalue weighted by Crippen LogP contribution is 2.33. The average Bonchev–Trinajstić information content (AvgIpc) is 3.34. The molecule has 2 fully saturated rings. The second-order valence-electron chi connectivity index (χ2n) is 7.78. The molecule has 1 saturated heterocycles. The van der Waals surface area contributed by atoms with Gasteiger partial charge >= 0.3 is 0 Å². The molecule has 1 aromatic rings. The van der Waals surface area contributed by atoms with Gasteiger partial charge in [-0.25, -0.2) is 4.98 Å². The number of aromatic nitrogens is 1. The fourth-order valence-corrected chi connectivity index (χ4v) is 4.36. The van der Waals surface area contributed by atoms with Crippen LogP contribution in [0.5, 0.6) is 5.88 Å². The first kappa shape index (κ1) is 18.7. The van der Waals surface area contributed by atoms with E-state index in [0.29, 0.717) is 49.0 Å². The van der Waals surface area contributed by atoms with E-state index in [1.54, 1.807) is 13.2 Å². The largest absolute Gasteiger partial charge is 0.481 e. The molecular weight excluding hydrogens is 360 g/mol. The second kappa shape index (κ2) is 7.77. The van der Waals surface area contributed by atoms with Gasteiger partial charge in [0.05, 0.1) is 30.8 Å². The Morgan fingerprint density at radius 2 is 2.11 bits per heavy atom. The Labute approximate surface area is 164 Å². The summed E-state index contributed by atoms with van der Waals surface area (Å²) in [6.07, 6.45) is 5.36. The van der Waals surface area contributed by atoms with Crippen molar-refractivity contribution < 1.29 is 19.1 Å². The van der Waals surface area contributed by atoms with Crippen LogP contribution in [0.25, 0.3) is 0 Å². The summed E-state index contributed by atoms with van der Waals surface area (Å²) >= 11 is 0. The number of hydrogen-bond acceptors (Lipinski definition) is 5. The van der Waals surface area contributed by atoms with Crippen molar-refractivity contribution >= 4 is 17.7 Å². The van der Waals surface area contributed by atoms with Crippen LogP contribution in [-0.4, -0.2) is 47.3 Å². The standard InChI is InChI=1S/C20H26N4O4/c1-28-19-13(10-22-18(26)12-6-7-17(25)21-9-12)8-15-16(23-19)11-24(20(15)27)14-4-2-3-5-14/h8,12,14H,2-7,9-11H2,1H3,(H,21,25)(H,22,26). The van der Waals surface area contributed by atoms with Gasteiger partial charge in [0.2, 0.25) is 17.7 Å². The second-order valence-corrected chi connectivity index (χ2v) is 7.78. The van der Waals surface area contributed by atoms with Crippen LogP contribution < -0.4 is 15.4 Å². The number of nitrogens with one attached hydrogen (secondary N) is 2. The molecule has 3 amide bonds. The summed E-state index contributed by atoms with van der Waals surface area (Å²) in [4.78, 5) is 43.0. The third-order valence-electron chi connectivity index (χ3n) is 6.00. The number of amides is 3. The molecule has 0 radical (unpaired) electrons. The molecule has 1 aliphatic carbocycles. The number of piperidine rings is 1. The van der Waals surface area contributed by atoms with Gasteiger partial charge in [0, 0.05) is 31.1 Å². The Bertz CT molecular complexity index is 794. The van der Waals surface area contributed by atoms with Crippen molar-refractivity contribution in [1.82, 2.24) is 20.5 Å². The highest BCUT2D eigenvalue weighted by molar-refractivity contribution is 5.98. The molecule has 0 aromatic carbocycles. The summed E-state index contributed by atoms with van der Waals surface area (Å²) in [6.45, 7) is 1.13. The van der Waals surface area contributed by atoms with E-state index in [9.17, 15) is 14.4 Å². The minimum absolute atomic E-state index is 0.0149. The molecule has 0 bridgehead atoms. The fourth-order valence-electron chi connectivity index (χ4n) is 4.36. The molecule has 8 nitrogen and oxygen atoms in total. The minimum Gasteiger partial charge on any atom is -0.481 e. The van der Waals surface area contributed by atoms with Gasteiger partial charge in [-0.05, 0) is 25.3 Å². The monoisotopic (exact) mass is 386 g/mol. The van der Waals surface area contributed by atoms with Crippen LogP contribution >= 0.6 is 0 Å². The molecule has 1 atom stereocenters. The first-order valence-corrected chi connectivity index (χ1v) is 9.99. The number of carbonyl (C=O) groups excluding carboxylic acids is 3. The van der Waals surface area contributed by atoms with E-state index in [1.807, 2.05) is 4.90 Å². The number of pyridine rings is 1. The number of carbonyl (C=O) groups is 3. The summed E-state index contributed by atoms with van der Waals surface area (Å²) in [5, 5.41) is 5.61. The minimum atomic E-state index is -0.231. The van der Waals surface area contributed by atoms with Gasteiger partial charge in [0.1, 0.15) is 0 Å². The highest BCUT2D eigenvalue weighted by atomic mass is 16.5. The van der Waals surface area contributed by atoms with E-state index in [-0.39, 0.29) is 30.2 Å². The number of hydrogen-bond donors (Lipinski definition) is 2. The molecule has 3 heterocycles. The van der Waals surface area contributed by atoms with Crippen LogP contribution in [0.4, 0.5) is 0 Å². The van der Waals surface area contributed by atoms with E-state index in [4.69, 9.17) is 4.74 Å². The van der Waals surface area contributed by atoms with Gasteiger partial charge in [-0.3, -0.25) is 14.4 Å². The third kappa shape index (κ3) is 3.55. The van der Waals surface area contributed by atoms with Gasteiger partial charge in [-0.1, -0.05) is 12.8 Å². The third-order valence-corrected chi connectivity index (χ3v) is 6.00. The van der Waals surface area contributed by atoms with E-state index in [0.717, 1.165) is 18.5 Å². The van der Waals surface area contributed by atoms with Crippen molar-refractivity contribution in [2.45, 2.75) is 57.7 Å². The summed E-state index contributed by atoms with van der Waals surface area (Å²) in [5.74, 6) is 0.114. The average molecular weight is 386 g/mol. The number of methoxy groups -OCH3 is 1. The Balaban J connectivity index is 1.46. The van der Waals surface area contributed by atoms with Crippen LogP contribution in [0.1, 0.15) is 60.1 Å². The lowest BCUT2D eigenvalue weighted by Crippen LogP contribution is -2.42. The lowest BCUT2D eigenvalue weighted by atomic mass is 9.98. The molecular formula is C20H26N4O4. The number of rotatable bonds is 5. The molecule has 150 valence electrons. The quantitative estimate of drug-likeness (QED) is 0.790. The Hall–Kier alpha value is -2.64. The first-order chi connectivity index (χ1) is 13.6. The van der Waals surface area contributed by atoms with Crippen LogP contribution in [0.3, 0.4) is 0 Å². The van der Waals surface area contributed by atoms with Crippen LogP contribution in [-0.2, 0) is 22.7 Å². The van der Waals surface area contributed by atoms with Gasteiger partial charge in [-0.2, -0.15) is 0 Å². The molecule has 0 spiro atoms. The lowest BCUT2D eigenvalue weighted by Gasteiger charge is -2.22. The van der Waals surface area contributed by atoms with Gasteiger partial charge in [0.15, 0.2) is 0 Å². The smallest absolute Gasteiger partial charge is 0.256 e. The molecule has 2 aliphatic heterocycles. The van der Waals surface area contributed by atoms with Gasteiger partial charge in [0.25, 0.3) is 5.91 Å². The molecule has 1 aromatic heterocycles. The van der Waals surface area contributed by atoms with Crippen LogP contribution in [0, 0.1) is 5.92 Å². The van der Waals surface area contributed by atoms with Crippen molar-refractivity contribution in [2.75, 3.05) is 13.7 Å².